The molecule has 0 spiro atoms. The Morgan fingerprint density at radius 2 is 2.09 bits per heavy atom. The van der Waals surface area contributed by atoms with Gasteiger partial charge in [0.25, 0.3) is 0 Å². The second kappa shape index (κ2) is 2.51. The van der Waals surface area contributed by atoms with E-state index in [2.05, 4.69) is 20.9 Å². The highest BCUT2D eigenvalue weighted by atomic mass is 79.9. The third-order valence-corrected chi connectivity index (χ3v) is 1.71. The van der Waals surface area contributed by atoms with Gasteiger partial charge in [-0.3, -0.25) is 0 Å². The minimum Gasteiger partial charge on any atom is -0.241 e. The molecule has 0 unspecified atom stereocenters. The van der Waals surface area contributed by atoms with Gasteiger partial charge in [-0.1, -0.05) is 0 Å². The van der Waals surface area contributed by atoms with E-state index in [1.165, 1.54) is 6.92 Å². The summed E-state index contributed by atoms with van der Waals surface area (Å²) in [6.07, 6.45) is -3.28. The number of halogens is 4. The molecule has 0 aliphatic heterocycles. The van der Waals surface area contributed by atoms with E-state index in [0.29, 0.717) is 0 Å². The summed E-state index contributed by atoms with van der Waals surface area (Å²) in [5.74, 6) is -0.0793. The second-order valence-corrected chi connectivity index (χ2v) is 2.74. The third-order valence-electron chi connectivity index (χ3n) is 1.15. The Morgan fingerprint density at radius 1 is 1.55 bits per heavy atom. The van der Waals surface area contributed by atoms with Crippen molar-refractivity contribution in [1.82, 2.24) is 9.55 Å². The van der Waals surface area contributed by atoms with E-state index < -0.39 is 6.30 Å². The molecule has 62 valence electrons. The number of rotatable bonds is 0. The van der Waals surface area contributed by atoms with Gasteiger partial charge in [-0.2, -0.15) is 0 Å². The maximum atomic E-state index is 12.0. The van der Waals surface area contributed by atoms with E-state index >= 15 is 0 Å². The lowest BCUT2D eigenvalue weighted by Crippen LogP contribution is -2.18. The fourth-order valence-corrected chi connectivity index (χ4v) is 1.28. The monoisotopic (exact) mass is 228 g/mol. The van der Waals surface area contributed by atoms with E-state index in [1.807, 2.05) is 0 Å². The normalized spacial score (nSPS) is 12.1. The van der Waals surface area contributed by atoms with Gasteiger partial charge in [0, 0.05) is 0 Å². The average molecular weight is 229 g/mol. The summed E-state index contributed by atoms with van der Waals surface area (Å²) in [5.41, 5.74) is 0. The van der Waals surface area contributed by atoms with Crippen LogP contribution in [0.4, 0.5) is 13.2 Å². The van der Waals surface area contributed by atoms with Gasteiger partial charge < -0.3 is 0 Å². The summed E-state index contributed by atoms with van der Waals surface area (Å²) in [4.78, 5) is 3.48. The first-order valence-corrected chi connectivity index (χ1v) is 3.49. The second-order valence-electron chi connectivity index (χ2n) is 1.93. The molecule has 1 heterocycles. The quantitative estimate of drug-likeness (QED) is 0.667. The Kier molecular flexibility index (Phi) is 1.96. The molecule has 0 amide bonds. The van der Waals surface area contributed by atoms with Crippen LogP contribution >= 0.6 is 15.9 Å². The predicted octanol–water partition coefficient (Wildman–Crippen LogP) is 2.43. The zero-order valence-electron chi connectivity index (χ0n) is 5.48. The summed E-state index contributed by atoms with van der Waals surface area (Å²) >= 11 is 2.73. The zero-order chi connectivity index (χ0) is 8.65. The molecule has 0 aromatic carbocycles. The Morgan fingerprint density at radius 3 is 2.27 bits per heavy atom. The molecule has 0 aliphatic carbocycles. The maximum Gasteiger partial charge on any atom is 0.490 e. The molecule has 6 heteroatoms. The van der Waals surface area contributed by atoms with Crippen LogP contribution in [0.25, 0.3) is 0 Å². The van der Waals surface area contributed by atoms with Gasteiger partial charge in [0.2, 0.25) is 0 Å². The molecular weight excluding hydrogens is 225 g/mol. The molecule has 2 nitrogen and oxygen atoms in total. The van der Waals surface area contributed by atoms with Crippen LogP contribution in [0.5, 0.6) is 0 Å². The van der Waals surface area contributed by atoms with E-state index in [1.54, 1.807) is 0 Å². The number of aromatic nitrogens is 2. The van der Waals surface area contributed by atoms with Gasteiger partial charge in [-0.05, 0) is 22.9 Å². The van der Waals surface area contributed by atoms with Crippen LogP contribution < -0.4 is 0 Å². The van der Waals surface area contributed by atoms with E-state index in [4.69, 9.17) is 0 Å². The number of nitrogens with zero attached hydrogens (tertiary/aromatic N) is 2. The number of imidazole rings is 1. The first-order valence-electron chi connectivity index (χ1n) is 2.70. The van der Waals surface area contributed by atoms with Crippen LogP contribution in [0.2, 0.25) is 0 Å². The van der Waals surface area contributed by atoms with Crippen molar-refractivity contribution in [2.24, 2.45) is 0 Å². The molecule has 0 radical (unpaired) electrons. The van der Waals surface area contributed by atoms with E-state index in [-0.39, 0.29) is 15.0 Å². The minimum absolute atomic E-state index is 0.0793. The molecular formula is C5H4BrF3N2. The number of aryl methyl sites for hydroxylation is 1. The molecule has 0 fully saturated rings. The van der Waals surface area contributed by atoms with Gasteiger partial charge in [0.05, 0.1) is 6.20 Å². The summed E-state index contributed by atoms with van der Waals surface area (Å²) < 4.78 is 36.2. The summed E-state index contributed by atoms with van der Waals surface area (Å²) in [5, 5.41) is 0. The molecule has 1 aromatic heterocycles. The van der Waals surface area contributed by atoms with Gasteiger partial charge >= 0.3 is 6.30 Å². The smallest absolute Gasteiger partial charge is 0.241 e. The molecule has 0 atom stereocenters. The van der Waals surface area contributed by atoms with Crippen LogP contribution in [-0.2, 0) is 6.30 Å². The Balaban J connectivity index is 3.21. The molecule has 0 saturated heterocycles. The largest absolute Gasteiger partial charge is 0.490 e. The number of hydrogen-bond donors (Lipinski definition) is 0. The van der Waals surface area contributed by atoms with Crippen molar-refractivity contribution in [3.05, 3.63) is 16.6 Å². The first-order chi connectivity index (χ1) is 4.93. The highest BCUT2D eigenvalue weighted by molar-refractivity contribution is 9.10. The SMILES string of the molecule is Cc1ncc(Br)n1C(F)(F)F. The predicted molar refractivity (Wildman–Crippen MR) is 36.0 cm³/mol. The van der Waals surface area contributed by atoms with E-state index in [0.717, 1.165) is 6.20 Å². The minimum atomic E-state index is -4.39. The van der Waals surface area contributed by atoms with Crippen molar-refractivity contribution < 1.29 is 13.2 Å². The Hall–Kier alpha value is -0.520. The molecule has 11 heavy (non-hydrogen) atoms. The Bertz CT molecular complexity index is 246. The van der Waals surface area contributed by atoms with Crippen LogP contribution in [0, 0.1) is 6.92 Å². The molecule has 1 aromatic rings. The number of alkyl halides is 3. The lowest BCUT2D eigenvalue weighted by molar-refractivity contribution is -0.206. The average Bonchev–Trinajstić information content (AvgIpc) is 2.08. The maximum absolute atomic E-state index is 12.0. The fourth-order valence-electron chi connectivity index (χ4n) is 0.721. The highest BCUT2D eigenvalue weighted by Gasteiger charge is 2.33. The van der Waals surface area contributed by atoms with Crippen molar-refractivity contribution in [1.29, 1.82) is 0 Å². The molecule has 0 saturated carbocycles. The molecule has 0 bridgehead atoms. The van der Waals surface area contributed by atoms with Crippen molar-refractivity contribution in [2.45, 2.75) is 13.2 Å². The van der Waals surface area contributed by atoms with Gasteiger partial charge in [-0.25, -0.2) is 9.55 Å². The lowest BCUT2D eigenvalue weighted by Gasteiger charge is -2.09. The third kappa shape index (κ3) is 1.55. The molecule has 1 rings (SSSR count). The lowest BCUT2D eigenvalue weighted by atomic mass is 10.7. The highest BCUT2D eigenvalue weighted by Crippen LogP contribution is 2.28. The van der Waals surface area contributed by atoms with E-state index in [9.17, 15) is 13.2 Å². The summed E-state index contributed by atoms with van der Waals surface area (Å²) in [6.45, 7) is 1.29. The molecule has 0 aliphatic rings. The van der Waals surface area contributed by atoms with Crippen LogP contribution in [0.1, 0.15) is 5.82 Å². The van der Waals surface area contributed by atoms with Crippen LogP contribution in [0.3, 0.4) is 0 Å². The topological polar surface area (TPSA) is 17.8 Å². The zero-order valence-corrected chi connectivity index (χ0v) is 7.07. The summed E-state index contributed by atoms with van der Waals surface area (Å²) in [6, 6.07) is 0. The van der Waals surface area contributed by atoms with Crippen LogP contribution in [-0.4, -0.2) is 9.55 Å². The Labute approximate surface area is 69.2 Å². The van der Waals surface area contributed by atoms with Gasteiger partial charge in [0.1, 0.15) is 10.4 Å². The summed E-state index contributed by atoms with van der Waals surface area (Å²) in [7, 11) is 0. The van der Waals surface area contributed by atoms with Crippen molar-refractivity contribution >= 4 is 15.9 Å². The molecule has 0 N–H and O–H groups in total. The number of hydrogen-bond acceptors (Lipinski definition) is 1. The first kappa shape index (κ1) is 8.58. The van der Waals surface area contributed by atoms with Crippen molar-refractivity contribution in [2.75, 3.05) is 0 Å². The van der Waals surface area contributed by atoms with Crippen molar-refractivity contribution in [3.63, 3.8) is 0 Å². The standard InChI is InChI=1S/C5H4BrF3N2/c1-3-10-2-4(6)11(3)5(7,8)9/h2H,1H3. The van der Waals surface area contributed by atoms with Gasteiger partial charge in [-0.15, -0.1) is 13.2 Å². The van der Waals surface area contributed by atoms with Crippen LogP contribution in [0.15, 0.2) is 10.8 Å². The van der Waals surface area contributed by atoms with Gasteiger partial charge in [0.15, 0.2) is 0 Å². The fraction of sp³-hybridized carbons (Fsp3) is 0.400. The van der Waals surface area contributed by atoms with Crippen molar-refractivity contribution in [3.8, 4) is 0 Å².